The molecule has 1 aromatic rings. The van der Waals surface area contributed by atoms with Crippen molar-refractivity contribution < 1.29 is 9.90 Å². The molecule has 0 spiro atoms. The second-order valence-corrected chi connectivity index (χ2v) is 4.19. The summed E-state index contributed by atoms with van der Waals surface area (Å²) in [6.07, 6.45) is 0. The topological polar surface area (TPSA) is 73.1 Å². The summed E-state index contributed by atoms with van der Waals surface area (Å²) < 4.78 is 0. The summed E-state index contributed by atoms with van der Waals surface area (Å²) in [6, 6.07) is 8.32. The molecule has 0 atom stereocenters. The van der Waals surface area contributed by atoms with Gasteiger partial charge in [-0.3, -0.25) is 4.79 Å². The summed E-state index contributed by atoms with van der Waals surface area (Å²) in [4.78, 5) is 11.7. The Labute approximate surface area is 94.5 Å². The molecule has 0 aliphatic carbocycles. The standard InChI is InChI=1S/C12H14N2O2/c1-12(2,8-15)14-11(16)10-5-3-9(7-13)4-6-10/h3-6,15H,8H2,1-2H3,(H,14,16). The molecule has 0 aliphatic heterocycles. The third kappa shape index (κ3) is 3.07. The van der Waals surface area contributed by atoms with E-state index in [1.807, 2.05) is 6.07 Å². The van der Waals surface area contributed by atoms with Gasteiger partial charge in [0.05, 0.1) is 23.8 Å². The molecule has 0 saturated carbocycles. The van der Waals surface area contributed by atoms with E-state index in [0.29, 0.717) is 11.1 Å². The minimum atomic E-state index is -0.648. The Kier molecular flexibility index (Phi) is 3.64. The smallest absolute Gasteiger partial charge is 0.251 e. The van der Waals surface area contributed by atoms with Crippen LogP contribution in [-0.2, 0) is 0 Å². The van der Waals surface area contributed by atoms with Gasteiger partial charge in [0.25, 0.3) is 5.91 Å². The first-order valence-electron chi connectivity index (χ1n) is 4.92. The van der Waals surface area contributed by atoms with Crippen LogP contribution in [0.1, 0.15) is 29.8 Å². The Balaban J connectivity index is 2.78. The van der Waals surface area contributed by atoms with Gasteiger partial charge in [-0.15, -0.1) is 0 Å². The number of carbonyl (C=O) groups excluding carboxylic acids is 1. The predicted molar refractivity (Wildman–Crippen MR) is 59.8 cm³/mol. The molecule has 1 aromatic carbocycles. The number of hydrogen-bond acceptors (Lipinski definition) is 3. The molecule has 0 aliphatic rings. The minimum Gasteiger partial charge on any atom is -0.394 e. The fraction of sp³-hybridized carbons (Fsp3) is 0.333. The zero-order chi connectivity index (χ0) is 12.2. The largest absolute Gasteiger partial charge is 0.394 e. The summed E-state index contributed by atoms with van der Waals surface area (Å²) in [7, 11) is 0. The fourth-order valence-corrected chi connectivity index (χ4v) is 1.12. The van der Waals surface area contributed by atoms with E-state index in [1.54, 1.807) is 38.1 Å². The number of carbonyl (C=O) groups is 1. The van der Waals surface area contributed by atoms with Crippen LogP contribution in [0.2, 0.25) is 0 Å². The van der Waals surface area contributed by atoms with E-state index in [9.17, 15) is 4.79 Å². The van der Waals surface area contributed by atoms with Crippen LogP contribution in [0.25, 0.3) is 0 Å². The van der Waals surface area contributed by atoms with Crippen molar-refractivity contribution in [1.82, 2.24) is 5.32 Å². The number of nitrogens with zero attached hydrogens (tertiary/aromatic N) is 1. The van der Waals surface area contributed by atoms with Crippen molar-refractivity contribution in [2.45, 2.75) is 19.4 Å². The molecule has 1 rings (SSSR count). The van der Waals surface area contributed by atoms with Crippen LogP contribution < -0.4 is 5.32 Å². The lowest BCUT2D eigenvalue weighted by Crippen LogP contribution is -2.46. The highest BCUT2D eigenvalue weighted by atomic mass is 16.3. The molecule has 0 bridgehead atoms. The second-order valence-electron chi connectivity index (χ2n) is 4.19. The third-order valence-corrected chi connectivity index (χ3v) is 2.12. The number of benzene rings is 1. The number of rotatable bonds is 3. The summed E-state index contributed by atoms with van der Waals surface area (Å²) in [5.74, 6) is -0.261. The molecule has 4 nitrogen and oxygen atoms in total. The van der Waals surface area contributed by atoms with Crippen molar-refractivity contribution in [3.05, 3.63) is 35.4 Å². The maximum Gasteiger partial charge on any atom is 0.251 e. The van der Waals surface area contributed by atoms with Gasteiger partial charge in [-0.2, -0.15) is 5.26 Å². The number of aliphatic hydroxyl groups excluding tert-OH is 1. The molecular formula is C12H14N2O2. The van der Waals surface area contributed by atoms with E-state index in [-0.39, 0.29) is 12.5 Å². The molecule has 0 aromatic heterocycles. The lowest BCUT2D eigenvalue weighted by Gasteiger charge is -2.23. The fourth-order valence-electron chi connectivity index (χ4n) is 1.12. The van der Waals surface area contributed by atoms with E-state index < -0.39 is 5.54 Å². The molecule has 0 radical (unpaired) electrons. The van der Waals surface area contributed by atoms with Crippen molar-refractivity contribution in [2.75, 3.05) is 6.61 Å². The average Bonchev–Trinajstić information content (AvgIpc) is 2.28. The SMILES string of the molecule is CC(C)(CO)NC(=O)c1ccc(C#N)cc1. The predicted octanol–water partition coefficient (Wildman–Crippen LogP) is 1.06. The van der Waals surface area contributed by atoms with Crippen LogP contribution in [0, 0.1) is 11.3 Å². The maximum absolute atomic E-state index is 11.7. The van der Waals surface area contributed by atoms with Crippen molar-refractivity contribution in [1.29, 1.82) is 5.26 Å². The second kappa shape index (κ2) is 4.77. The van der Waals surface area contributed by atoms with E-state index in [1.165, 1.54) is 0 Å². The Morgan fingerprint density at radius 1 is 1.44 bits per heavy atom. The molecule has 0 fully saturated rings. The summed E-state index contributed by atoms with van der Waals surface area (Å²) >= 11 is 0. The molecule has 0 saturated heterocycles. The first-order valence-corrected chi connectivity index (χ1v) is 4.92. The van der Waals surface area contributed by atoms with Gasteiger partial charge in [-0.25, -0.2) is 0 Å². The number of nitriles is 1. The Morgan fingerprint density at radius 2 is 2.00 bits per heavy atom. The molecule has 16 heavy (non-hydrogen) atoms. The maximum atomic E-state index is 11.7. The van der Waals surface area contributed by atoms with Crippen molar-refractivity contribution >= 4 is 5.91 Å². The first kappa shape index (κ1) is 12.2. The number of amides is 1. The molecule has 0 unspecified atom stereocenters. The number of nitrogens with one attached hydrogen (secondary N) is 1. The van der Waals surface area contributed by atoms with Gasteiger partial charge in [-0.05, 0) is 38.1 Å². The zero-order valence-electron chi connectivity index (χ0n) is 9.32. The normalized spacial score (nSPS) is 10.6. The number of aliphatic hydroxyl groups is 1. The van der Waals surface area contributed by atoms with Gasteiger partial charge in [-0.1, -0.05) is 0 Å². The summed E-state index contributed by atoms with van der Waals surface area (Å²) in [5, 5.41) is 20.3. The van der Waals surface area contributed by atoms with E-state index in [0.717, 1.165) is 0 Å². The highest BCUT2D eigenvalue weighted by Gasteiger charge is 2.19. The van der Waals surface area contributed by atoms with Gasteiger partial charge in [0.2, 0.25) is 0 Å². The van der Waals surface area contributed by atoms with Crippen LogP contribution in [0.15, 0.2) is 24.3 Å². The minimum absolute atomic E-state index is 0.130. The van der Waals surface area contributed by atoms with Crippen LogP contribution in [0.4, 0.5) is 0 Å². The first-order chi connectivity index (χ1) is 7.48. The lowest BCUT2D eigenvalue weighted by molar-refractivity contribution is 0.0869. The van der Waals surface area contributed by atoms with E-state index in [4.69, 9.17) is 10.4 Å². The Bertz CT molecular complexity index is 416. The van der Waals surface area contributed by atoms with Gasteiger partial charge in [0, 0.05) is 5.56 Å². The highest BCUT2D eigenvalue weighted by molar-refractivity contribution is 5.94. The molecule has 2 N–H and O–H groups in total. The lowest BCUT2D eigenvalue weighted by atomic mass is 10.1. The van der Waals surface area contributed by atoms with Gasteiger partial charge in [0.1, 0.15) is 0 Å². The monoisotopic (exact) mass is 218 g/mol. The Hall–Kier alpha value is -1.86. The van der Waals surface area contributed by atoms with E-state index >= 15 is 0 Å². The molecule has 1 amide bonds. The molecule has 4 heteroatoms. The number of hydrogen-bond donors (Lipinski definition) is 2. The summed E-state index contributed by atoms with van der Waals surface area (Å²) in [5.41, 5.74) is 0.337. The molecular weight excluding hydrogens is 204 g/mol. The van der Waals surface area contributed by atoms with Crippen molar-refractivity contribution in [3.63, 3.8) is 0 Å². The van der Waals surface area contributed by atoms with Crippen LogP contribution in [0.3, 0.4) is 0 Å². The van der Waals surface area contributed by atoms with Crippen LogP contribution in [-0.4, -0.2) is 23.2 Å². The Morgan fingerprint density at radius 3 is 2.44 bits per heavy atom. The van der Waals surface area contributed by atoms with Crippen molar-refractivity contribution in [3.8, 4) is 6.07 Å². The average molecular weight is 218 g/mol. The van der Waals surface area contributed by atoms with Gasteiger partial charge < -0.3 is 10.4 Å². The van der Waals surface area contributed by atoms with Crippen LogP contribution in [0.5, 0.6) is 0 Å². The summed E-state index contributed by atoms with van der Waals surface area (Å²) in [6.45, 7) is 3.33. The zero-order valence-corrected chi connectivity index (χ0v) is 9.32. The molecule has 0 heterocycles. The van der Waals surface area contributed by atoms with Crippen LogP contribution >= 0.6 is 0 Å². The van der Waals surface area contributed by atoms with Crippen molar-refractivity contribution in [2.24, 2.45) is 0 Å². The van der Waals surface area contributed by atoms with E-state index in [2.05, 4.69) is 5.32 Å². The van der Waals surface area contributed by atoms with Gasteiger partial charge in [0.15, 0.2) is 0 Å². The quantitative estimate of drug-likeness (QED) is 0.796. The highest BCUT2D eigenvalue weighted by Crippen LogP contribution is 2.06. The van der Waals surface area contributed by atoms with Gasteiger partial charge >= 0.3 is 0 Å². The molecule has 84 valence electrons. The third-order valence-electron chi connectivity index (χ3n) is 2.12.